The summed E-state index contributed by atoms with van der Waals surface area (Å²) in [5.74, 6) is -0.291. The Bertz CT molecular complexity index is 528. The second-order valence-electron chi connectivity index (χ2n) is 4.10. The van der Waals surface area contributed by atoms with Crippen LogP contribution in [0.3, 0.4) is 0 Å². The maximum Gasteiger partial charge on any atom is 0.412 e. The fourth-order valence-corrected chi connectivity index (χ4v) is 2.19. The maximum absolute atomic E-state index is 12.5. The Morgan fingerprint density at radius 2 is 2.16 bits per heavy atom. The summed E-state index contributed by atoms with van der Waals surface area (Å²) in [4.78, 5) is 17.4. The van der Waals surface area contributed by atoms with Gasteiger partial charge in [0, 0.05) is 30.4 Å². The highest BCUT2D eigenvalue weighted by Gasteiger charge is 2.35. The highest BCUT2D eigenvalue weighted by Crippen LogP contribution is 2.30. The van der Waals surface area contributed by atoms with E-state index in [1.54, 1.807) is 6.07 Å². The molecule has 7 heteroatoms. The molecule has 0 radical (unpaired) electrons. The third kappa shape index (κ3) is 3.34. The van der Waals surface area contributed by atoms with Crippen molar-refractivity contribution in [2.75, 3.05) is 13.1 Å². The summed E-state index contributed by atoms with van der Waals surface area (Å²) in [5.41, 5.74) is -0.154. The van der Waals surface area contributed by atoms with E-state index in [1.807, 2.05) is 0 Å². The second kappa shape index (κ2) is 5.32. The molecule has 2 heterocycles. The fraction of sp³-hybridized carbons (Fsp3) is 0.333. The van der Waals surface area contributed by atoms with E-state index < -0.39 is 11.7 Å². The number of aromatic nitrogens is 1. The van der Waals surface area contributed by atoms with Gasteiger partial charge in [-0.1, -0.05) is 6.08 Å². The monoisotopic (exact) mass is 334 g/mol. The van der Waals surface area contributed by atoms with Gasteiger partial charge < -0.3 is 4.90 Å². The van der Waals surface area contributed by atoms with Crippen LogP contribution in [0.1, 0.15) is 16.8 Å². The zero-order valence-electron chi connectivity index (χ0n) is 9.75. The van der Waals surface area contributed by atoms with Crippen LogP contribution in [0.25, 0.3) is 0 Å². The summed E-state index contributed by atoms with van der Waals surface area (Å²) in [6.45, 7) is 0.0533. The number of carbonyl (C=O) groups excluding carboxylic acids is 1. The Kier molecular flexibility index (Phi) is 3.93. The molecule has 0 saturated carbocycles. The van der Waals surface area contributed by atoms with Crippen molar-refractivity contribution < 1.29 is 18.0 Å². The van der Waals surface area contributed by atoms with Crippen LogP contribution in [0, 0.1) is 0 Å². The molecule has 2 rings (SSSR count). The molecule has 0 saturated heterocycles. The lowest BCUT2D eigenvalue weighted by molar-refractivity contribution is -0.0957. The molecule has 0 bridgehead atoms. The minimum atomic E-state index is -4.30. The van der Waals surface area contributed by atoms with E-state index in [2.05, 4.69) is 20.9 Å². The second-order valence-corrected chi connectivity index (χ2v) is 4.91. The number of carbonyl (C=O) groups is 1. The van der Waals surface area contributed by atoms with Crippen LogP contribution in [0.2, 0.25) is 0 Å². The van der Waals surface area contributed by atoms with Crippen molar-refractivity contribution >= 4 is 21.8 Å². The molecule has 3 nitrogen and oxygen atoms in total. The van der Waals surface area contributed by atoms with Gasteiger partial charge in [0.15, 0.2) is 0 Å². The maximum atomic E-state index is 12.5. The first kappa shape index (κ1) is 14.0. The zero-order valence-corrected chi connectivity index (χ0v) is 11.3. The molecular formula is C12H10BrF3N2O. The van der Waals surface area contributed by atoms with Crippen LogP contribution in [0.5, 0.6) is 0 Å². The topological polar surface area (TPSA) is 33.2 Å². The molecule has 0 unspecified atom stereocenters. The number of hydrogen-bond donors (Lipinski definition) is 0. The Hall–Kier alpha value is -1.37. The average molecular weight is 335 g/mol. The molecule has 0 spiro atoms. The first-order valence-electron chi connectivity index (χ1n) is 5.55. The molecule has 0 fully saturated rings. The molecule has 102 valence electrons. The average Bonchev–Trinajstić information content (AvgIpc) is 2.37. The standard InChI is InChI=1S/C12H10BrF3N2O/c13-10-7-8(1-4-17-10)11(19)18-5-2-9(3-6-18)12(14,15)16/h1-2,4,7H,3,5-6H2. The minimum Gasteiger partial charge on any atom is -0.335 e. The largest absolute Gasteiger partial charge is 0.412 e. The highest BCUT2D eigenvalue weighted by atomic mass is 79.9. The van der Waals surface area contributed by atoms with E-state index in [0.717, 1.165) is 6.08 Å². The first-order valence-corrected chi connectivity index (χ1v) is 6.34. The third-order valence-electron chi connectivity index (χ3n) is 2.83. The summed E-state index contributed by atoms with van der Waals surface area (Å²) < 4.78 is 37.9. The normalized spacial score (nSPS) is 16.2. The first-order chi connectivity index (χ1) is 8.88. The molecule has 1 aliphatic heterocycles. The number of rotatable bonds is 1. The molecule has 0 atom stereocenters. The van der Waals surface area contributed by atoms with E-state index in [0.29, 0.717) is 10.2 Å². The van der Waals surface area contributed by atoms with Gasteiger partial charge in [-0.05, 0) is 34.5 Å². The van der Waals surface area contributed by atoms with Crippen LogP contribution in [-0.4, -0.2) is 35.1 Å². The Labute approximate surface area is 116 Å². The molecule has 0 aliphatic carbocycles. The Balaban J connectivity index is 2.10. The van der Waals surface area contributed by atoms with Crippen molar-refractivity contribution in [3.63, 3.8) is 0 Å². The van der Waals surface area contributed by atoms with E-state index in [1.165, 1.54) is 17.2 Å². The smallest absolute Gasteiger partial charge is 0.335 e. The Morgan fingerprint density at radius 1 is 1.42 bits per heavy atom. The van der Waals surface area contributed by atoms with E-state index in [4.69, 9.17) is 0 Å². The van der Waals surface area contributed by atoms with Gasteiger partial charge in [0.05, 0.1) is 0 Å². The SMILES string of the molecule is O=C(c1ccnc(Br)c1)N1CC=C(C(F)(F)F)CC1. The summed E-state index contributed by atoms with van der Waals surface area (Å²) in [7, 11) is 0. The predicted molar refractivity (Wildman–Crippen MR) is 66.6 cm³/mol. The summed E-state index contributed by atoms with van der Waals surface area (Å²) >= 11 is 3.15. The van der Waals surface area contributed by atoms with Gasteiger partial charge in [0.1, 0.15) is 4.60 Å². The van der Waals surface area contributed by atoms with Crippen molar-refractivity contribution in [2.24, 2.45) is 0 Å². The fourth-order valence-electron chi connectivity index (χ4n) is 1.83. The number of amides is 1. The van der Waals surface area contributed by atoms with Gasteiger partial charge in [-0.2, -0.15) is 13.2 Å². The van der Waals surface area contributed by atoms with Gasteiger partial charge in [-0.3, -0.25) is 4.79 Å². The summed E-state index contributed by atoms with van der Waals surface area (Å²) in [6, 6.07) is 3.08. The van der Waals surface area contributed by atoms with Gasteiger partial charge in [-0.25, -0.2) is 4.98 Å². The van der Waals surface area contributed by atoms with Crippen LogP contribution in [-0.2, 0) is 0 Å². The number of halogens is 4. The molecule has 19 heavy (non-hydrogen) atoms. The van der Waals surface area contributed by atoms with E-state index >= 15 is 0 Å². The van der Waals surface area contributed by atoms with Gasteiger partial charge in [0.2, 0.25) is 0 Å². The van der Waals surface area contributed by atoms with Crippen LogP contribution >= 0.6 is 15.9 Å². The molecule has 1 aromatic heterocycles. The number of pyridine rings is 1. The van der Waals surface area contributed by atoms with E-state index in [9.17, 15) is 18.0 Å². The number of hydrogen-bond acceptors (Lipinski definition) is 2. The van der Waals surface area contributed by atoms with Crippen LogP contribution in [0.15, 0.2) is 34.6 Å². The van der Waals surface area contributed by atoms with Crippen molar-refractivity contribution in [2.45, 2.75) is 12.6 Å². The molecule has 1 amide bonds. The lowest BCUT2D eigenvalue weighted by atomic mass is 10.1. The van der Waals surface area contributed by atoms with Gasteiger partial charge in [-0.15, -0.1) is 0 Å². The minimum absolute atomic E-state index is 0.0202. The van der Waals surface area contributed by atoms with Gasteiger partial charge in [0.25, 0.3) is 5.91 Å². The quantitative estimate of drug-likeness (QED) is 0.583. The molecule has 1 aromatic rings. The predicted octanol–water partition coefficient (Wildman–Crippen LogP) is 3.18. The molecule has 1 aliphatic rings. The lowest BCUT2D eigenvalue weighted by Gasteiger charge is -2.27. The Morgan fingerprint density at radius 3 is 2.68 bits per heavy atom. The third-order valence-corrected chi connectivity index (χ3v) is 3.27. The van der Waals surface area contributed by atoms with E-state index in [-0.39, 0.29) is 25.4 Å². The molecule has 0 N–H and O–H groups in total. The van der Waals surface area contributed by atoms with Crippen molar-refractivity contribution in [3.8, 4) is 0 Å². The summed E-state index contributed by atoms with van der Waals surface area (Å²) in [5, 5.41) is 0. The number of alkyl halides is 3. The van der Waals surface area contributed by atoms with Crippen molar-refractivity contribution in [1.82, 2.24) is 9.88 Å². The highest BCUT2D eigenvalue weighted by molar-refractivity contribution is 9.10. The van der Waals surface area contributed by atoms with Crippen LogP contribution < -0.4 is 0 Å². The van der Waals surface area contributed by atoms with Gasteiger partial charge >= 0.3 is 6.18 Å². The van der Waals surface area contributed by atoms with Crippen LogP contribution in [0.4, 0.5) is 13.2 Å². The molecular weight excluding hydrogens is 325 g/mol. The zero-order chi connectivity index (χ0) is 14.0. The summed E-state index contributed by atoms with van der Waals surface area (Å²) in [6.07, 6.45) is -1.92. The van der Waals surface area contributed by atoms with Crippen molar-refractivity contribution in [1.29, 1.82) is 0 Å². The lowest BCUT2D eigenvalue weighted by Crippen LogP contribution is -2.36. The molecule has 0 aromatic carbocycles. The van der Waals surface area contributed by atoms with Crippen molar-refractivity contribution in [3.05, 3.63) is 40.1 Å². The number of nitrogens with zero attached hydrogens (tertiary/aromatic N) is 2.